The Bertz CT molecular complexity index is 728. The molecular weight excluding hydrogens is 372 g/mol. The number of hydrogen-bond acceptors (Lipinski definition) is 8. The smallest absolute Gasteiger partial charge is 0.329 e. The first-order chi connectivity index (χ1) is 13.4. The molecule has 1 aliphatic rings. The zero-order valence-corrected chi connectivity index (χ0v) is 15.6. The number of nitro benzene ring substituents is 1. The van der Waals surface area contributed by atoms with Gasteiger partial charge in [0.05, 0.1) is 25.6 Å². The quantitative estimate of drug-likeness (QED) is 0.393. The highest BCUT2D eigenvalue weighted by molar-refractivity contribution is 5.88. The molecule has 0 aliphatic carbocycles. The molecule has 1 aromatic carbocycles. The van der Waals surface area contributed by atoms with Gasteiger partial charge in [0.15, 0.2) is 0 Å². The van der Waals surface area contributed by atoms with Crippen LogP contribution >= 0.6 is 0 Å². The van der Waals surface area contributed by atoms with Crippen molar-refractivity contribution in [2.45, 2.75) is 37.3 Å². The SMILES string of the molecule is COC(=O)C[C@H](c1ccc([N+](=O)[O-])cc1)[C@@H](NC(=O)[C@@H]1CCCO1)C(=O)OC. The Morgan fingerprint density at radius 1 is 1.25 bits per heavy atom. The third kappa shape index (κ3) is 5.26. The van der Waals surface area contributed by atoms with Gasteiger partial charge in [-0.25, -0.2) is 4.79 Å². The van der Waals surface area contributed by atoms with Crippen molar-refractivity contribution in [1.82, 2.24) is 5.32 Å². The first-order valence-corrected chi connectivity index (χ1v) is 8.68. The molecule has 1 heterocycles. The Kier molecular flexibility index (Phi) is 7.44. The van der Waals surface area contributed by atoms with E-state index in [-0.39, 0.29) is 12.1 Å². The van der Waals surface area contributed by atoms with Crippen molar-refractivity contribution in [2.24, 2.45) is 0 Å². The van der Waals surface area contributed by atoms with Crippen molar-refractivity contribution in [2.75, 3.05) is 20.8 Å². The third-order valence-corrected chi connectivity index (χ3v) is 4.52. The Morgan fingerprint density at radius 2 is 1.93 bits per heavy atom. The molecule has 28 heavy (non-hydrogen) atoms. The van der Waals surface area contributed by atoms with Gasteiger partial charge in [0.1, 0.15) is 12.1 Å². The zero-order valence-electron chi connectivity index (χ0n) is 15.6. The molecule has 0 saturated carbocycles. The summed E-state index contributed by atoms with van der Waals surface area (Å²) in [6, 6.07) is 4.19. The maximum Gasteiger partial charge on any atom is 0.329 e. The van der Waals surface area contributed by atoms with E-state index in [0.29, 0.717) is 18.6 Å². The molecule has 1 amide bonds. The maximum atomic E-state index is 12.5. The normalized spacial score (nSPS) is 18.0. The maximum absolute atomic E-state index is 12.5. The fourth-order valence-corrected chi connectivity index (χ4v) is 3.02. The molecule has 1 saturated heterocycles. The number of amides is 1. The average Bonchev–Trinajstić information content (AvgIpc) is 3.24. The van der Waals surface area contributed by atoms with E-state index in [1.807, 2.05) is 0 Å². The Morgan fingerprint density at radius 3 is 2.43 bits per heavy atom. The lowest BCUT2D eigenvalue weighted by Gasteiger charge is -2.26. The predicted octanol–water partition coefficient (Wildman–Crippen LogP) is 1.08. The summed E-state index contributed by atoms with van der Waals surface area (Å²) < 4.78 is 14.8. The van der Waals surface area contributed by atoms with E-state index in [2.05, 4.69) is 5.32 Å². The molecule has 1 aliphatic heterocycles. The number of rotatable bonds is 8. The second-order valence-corrected chi connectivity index (χ2v) is 6.25. The van der Waals surface area contributed by atoms with Crippen LogP contribution in [0.2, 0.25) is 0 Å². The highest BCUT2D eigenvalue weighted by Crippen LogP contribution is 2.27. The van der Waals surface area contributed by atoms with Crippen LogP contribution < -0.4 is 5.32 Å². The molecule has 0 bridgehead atoms. The van der Waals surface area contributed by atoms with Crippen LogP contribution in [0.15, 0.2) is 24.3 Å². The largest absolute Gasteiger partial charge is 0.469 e. The van der Waals surface area contributed by atoms with Crippen LogP contribution in [0.5, 0.6) is 0 Å². The predicted molar refractivity (Wildman–Crippen MR) is 95.4 cm³/mol. The van der Waals surface area contributed by atoms with Gasteiger partial charge in [0, 0.05) is 24.7 Å². The Hall–Kier alpha value is -3.01. The van der Waals surface area contributed by atoms with Gasteiger partial charge in [0.25, 0.3) is 5.69 Å². The van der Waals surface area contributed by atoms with Gasteiger partial charge < -0.3 is 19.5 Å². The van der Waals surface area contributed by atoms with Crippen LogP contribution in [0.3, 0.4) is 0 Å². The summed E-state index contributed by atoms with van der Waals surface area (Å²) in [6.07, 6.45) is 0.344. The van der Waals surface area contributed by atoms with Crippen molar-refractivity contribution >= 4 is 23.5 Å². The van der Waals surface area contributed by atoms with Crippen LogP contribution in [0.4, 0.5) is 5.69 Å². The van der Waals surface area contributed by atoms with Gasteiger partial charge in [-0.15, -0.1) is 0 Å². The van der Waals surface area contributed by atoms with E-state index in [1.54, 1.807) is 0 Å². The van der Waals surface area contributed by atoms with Crippen LogP contribution in [0, 0.1) is 10.1 Å². The van der Waals surface area contributed by atoms with E-state index in [1.165, 1.54) is 38.5 Å². The molecule has 152 valence electrons. The number of esters is 2. The van der Waals surface area contributed by atoms with E-state index in [4.69, 9.17) is 14.2 Å². The van der Waals surface area contributed by atoms with Gasteiger partial charge in [-0.2, -0.15) is 0 Å². The van der Waals surface area contributed by atoms with Gasteiger partial charge >= 0.3 is 11.9 Å². The highest BCUT2D eigenvalue weighted by Gasteiger charge is 2.36. The summed E-state index contributed by atoms with van der Waals surface area (Å²) in [7, 11) is 2.37. The summed E-state index contributed by atoms with van der Waals surface area (Å²) in [4.78, 5) is 47.1. The van der Waals surface area contributed by atoms with E-state index >= 15 is 0 Å². The van der Waals surface area contributed by atoms with Crippen LogP contribution in [0.1, 0.15) is 30.7 Å². The number of non-ortho nitro benzene ring substituents is 1. The molecule has 0 spiro atoms. The number of methoxy groups -OCH3 is 2. The minimum absolute atomic E-state index is 0.140. The van der Waals surface area contributed by atoms with Gasteiger partial charge in [-0.1, -0.05) is 12.1 Å². The molecular formula is C18H22N2O8. The lowest BCUT2D eigenvalue weighted by Crippen LogP contribution is -2.49. The number of nitrogens with one attached hydrogen (secondary N) is 1. The molecule has 0 unspecified atom stereocenters. The summed E-state index contributed by atoms with van der Waals surface area (Å²) in [5, 5.41) is 13.5. The second-order valence-electron chi connectivity index (χ2n) is 6.25. The standard InChI is InChI=1S/C18H22N2O8/c1-26-15(21)10-13(11-5-7-12(8-6-11)20(24)25)16(18(23)27-2)19-17(22)14-4-3-9-28-14/h5-8,13-14,16H,3-4,9-10H2,1-2H3,(H,19,22)/t13-,14+,16-/m1/s1. The minimum Gasteiger partial charge on any atom is -0.469 e. The van der Waals surface area contributed by atoms with Crippen molar-refractivity contribution in [3.05, 3.63) is 39.9 Å². The molecule has 0 aromatic heterocycles. The van der Waals surface area contributed by atoms with Crippen LogP contribution in [0.25, 0.3) is 0 Å². The Labute approximate surface area is 161 Å². The van der Waals surface area contributed by atoms with Crippen molar-refractivity contribution in [1.29, 1.82) is 0 Å². The molecule has 1 fully saturated rings. The molecule has 10 nitrogen and oxygen atoms in total. The molecule has 10 heteroatoms. The number of ether oxygens (including phenoxy) is 3. The lowest BCUT2D eigenvalue weighted by molar-refractivity contribution is -0.384. The molecule has 1 aromatic rings. The van der Waals surface area contributed by atoms with Gasteiger partial charge in [0.2, 0.25) is 5.91 Å². The molecule has 0 radical (unpaired) electrons. The summed E-state index contributed by atoms with van der Waals surface area (Å²) in [5.74, 6) is -2.68. The van der Waals surface area contributed by atoms with Crippen LogP contribution in [-0.4, -0.2) is 55.7 Å². The number of nitrogens with zero attached hydrogens (tertiary/aromatic N) is 1. The van der Waals surface area contributed by atoms with E-state index < -0.39 is 40.8 Å². The summed E-state index contributed by atoms with van der Waals surface area (Å²) in [5.41, 5.74) is 0.303. The monoisotopic (exact) mass is 394 g/mol. The highest BCUT2D eigenvalue weighted by atomic mass is 16.6. The van der Waals surface area contributed by atoms with E-state index in [9.17, 15) is 24.5 Å². The first kappa shape index (κ1) is 21.3. The van der Waals surface area contributed by atoms with Gasteiger partial charge in [-0.3, -0.25) is 19.7 Å². The first-order valence-electron chi connectivity index (χ1n) is 8.68. The summed E-state index contributed by atoms with van der Waals surface area (Å²) >= 11 is 0. The fraction of sp³-hybridized carbons (Fsp3) is 0.500. The number of carbonyl (C=O) groups excluding carboxylic acids is 3. The number of hydrogen-bond donors (Lipinski definition) is 1. The van der Waals surface area contributed by atoms with E-state index in [0.717, 1.165) is 6.42 Å². The second kappa shape index (κ2) is 9.79. The average molecular weight is 394 g/mol. The third-order valence-electron chi connectivity index (χ3n) is 4.52. The number of carbonyl (C=O) groups is 3. The van der Waals surface area contributed by atoms with Crippen molar-refractivity contribution in [3.8, 4) is 0 Å². The van der Waals surface area contributed by atoms with Crippen molar-refractivity contribution < 1.29 is 33.5 Å². The number of benzene rings is 1. The molecule has 3 atom stereocenters. The topological polar surface area (TPSA) is 134 Å². The fourth-order valence-electron chi connectivity index (χ4n) is 3.02. The molecule has 1 N–H and O–H groups in total. The van der Waals surface area contributed by atoms with Gasteiger partial charge in [-0.05, 0) is 18.4 Å². The molecule has 2 rings (SSSR count). The summed E-state index contributed by atoms with van der Waals surface area (Å²) in [6.45, 7) is 0.453. The van der Waals surface area contributed by atoms with Crippen LogP contribution in [-0.2, 0) is 28.6 Å². The lowest BCUT2D eigenvalue weighted by atomic mass is 9.88. The van der Waals surface area contributed by atoms with Crippen molar-refractivity contribution in [3.63, 3.8) is 0 Å². The minimum atomic E-state index is -1.19. The zero-order chi connectivity index (χ0) is 20.7. The Balaban J connectivity index is 2.33. The number of nitro groups is 1.